The van der Waals surface area contributed by atoms with Crippen molar-refractivity contribution in [2.75, 3.05) is 6.73 Å². The monoisotopic (exact) mass is 530 g/mol. The van der Waals surface area contributed by atoms with E-state index in [0.717, 1.165) is 5.56 Å². The fourth-order valence-corrected chi connectivity index (χ4v) is 4.20. The Morgan fingerprint density at radius 3 is 2.65 bits per heavy atom. The highest BCUT2D eigenvalue weighted by Crippen LogP contribution is 2.36. The van der Waals surface area contributed by atoms with Crippen LogP contribution in [0.2, 0.25) is 0 Å². The molecule has 12 nitrogen and oxygen atoms in total. The molecule has 1 saturated heterocycles. The van der Waals surface area contributed by atoms with E-state index in [2.05, 4.69) is 28.3 Å². The van der Waals surface area contributed by atoms with Crippen molar-refractivity contribution in [2.45, 2.75) is 32.0 Å². The van der Waals surface area contributed by atoms with Gasteiger partial charge in [-0.05, 0) is 35.8 Å². The van der Waals surface area contributed by atoms with Crippen LogP contribution in [0.4, 0.5) is 4.79 Å². The van der Waals surface area contributed by atoms with E-state index in [1.807, 2.05) is 0 Å². The van der Waals surface area contributed by atoms with Gasteiger partial charge >= 0.3 is 13.9 Å². The molecule has 0 aromatic heterocycles. The Labute approximate surface area is 213 Å². The van der Waals surface area contributed by atoms with E-state index in [-0.39, 0.29) is 25.9 Å². The molecule has 0 radical (unpaired) electrons. The molecule has 3 rings (SSSR count). The largest absolute Gasteiger partial charge is 0.471 e. The topological polar surface area (TPSA) is 166 Å². The molecule has 0 aliphatic carbocycles. The molecule has 1 aromatic rings. The van der Waals surface area contributed by atoms with Gasteiger partial charge in [0.1, 0.15) is 12.8 Å². The Bertz CT molecular complexity index is 1240. The van der Waals surface area contributed by atoms with E-state index >= 15 is 0 Å². The molecular formula is C24H27N4O8P. The SMILES string of the molecule is C=C/C=C\C(=C/C=C)NC(=O)NCc1ccc2c(c1)CN(C1CCC(=O)N(COP(=O)(O)O)C1=O)C2=O. The Balaban J connectivity index is 1.65. The first-order chi connectivity index (χ1) is 17.5. The van der Waals surface area contributed by atoms with Crippen LogP contribution in [0.25, 0.3) is 0 Å². The smallest absolute Gasteiger partial charge is 0.334 e. The van der Waals surface area contributed by atoms with Gasteiger partial charge in [-0.1, -0.05) is 43.5 Å². The predicted molar refractivity (Wildman–Crippen MR) is 132 cm³/mol. The lowest BCUT2D eigenvalue weighted by Gasteiger charge is -2.35. The maximum absolute atomic E-state index is 13.0. The number of carbonyl (C=O) groups excluding carboxylic acids is 4. The normalized spacial score (nSPS) is 18.3. The van der Waals surface area contributed by atoms with Crippen LogP contribution in [0.5, 0.6) is 0 Å². The molecule has 2 aliphatic rings. The van der Waals surface area contributed by atoms with Gasteiger partial charge < -0.3 is 25.3 Å². The summed E-state index contributed by atoms with van der Waals surface area (Å²) < 4.78 is 15.3. The number of urea groups is 1. The predicted octanol–water partition coefficient (Wildman–Crippen LogP) is 1.84. The van der Waals surface area contributed by atoms with Crippen molar-refractivity contribution < 1.29 is 38.1 Å². The minimum atomic E-state index is -4.90. The van der Waals surface area contributed by atoms with Crippen molar-refractivity contribution in [1.29, 1.82) is 0 Å². The summed E-state index contributed by atoms with van der Waals surface area (Å²) in [5.41, 5.74) is 2.27. The minimum Gasteiger partial charge on any atom is -0.334 e. The number of amides is 5. The summed E-state index contributed by atoms with van der Waals surface area (Å²) in [5, 5.41) is 5.40. The van der Waals surface area contributed by atoms with Crippen LogP contribution < -0.4 is 10.6 Å². The molecule has 1 unspecified atom stereocenters. The number of allylic oxidation sites excluding steroid dienone is 5. The van der Waals surface area contributed by atoms with Crippen LogP contribution in [-0.2, 0) is 31.8 Å². The first-order valence-electron chi connectivity index (χ1n) is 11.2. The quantitative estimate of drug-likeness (QED) is 0.202. The molecule has 4 N–H and O–H groups in total. The van der Waals surface area contributed by atoms with Crippen molar-refractivity contribution in [3.8, 4) is 0 Å². The lowest BCUT2D eigenvalue weighted by atomic mass is 10.0. The number of nitrogens with one attached hydrogen (secondary N) is 2. The second-order valence-corrected chi connectivity index (χ2v) is 9.39. The second-order valence-electron chi connectivity index (χ2n) is 8.15. The van der Waals surface area contributed by atoms with Gasteiger partial charge in [0.25, 0.3) is 11.8 Å². The van der Waals surface area contributed by atoms with Gasteiger partial charge in [0.2, 0.25) is 5.91 Å². The number of imide groups is 1. The number of phosphoric ester groups is 1. The average molecular weight is 530 g/mol. The van der Waals surface area contributed by atoms with Gasteiger partial charge in [-0.15, -0.1) is 0 Å². The number of benzene rings is 1. The summed E-state index contributed by atoms with van der Waals surface area (Å²) >= 11 is 0. The number of nitrogens with zero attached hydrogens (tertiary/aromatic N) is 2. The standard InChI is InChI=1S/C24H27N4O8P/c1-3-5-7-18(6-4-2)26-24(32)25-13-16-8-9-19-17(12-16)14-27(22(19)30)20-10-11-21(29)28(23(20)31)15-36-37(33,34)35/h3-9,12,20H,1-2,10-11,13-15H2,(H2,25,26,32)(H2,33,34,35)/b7-5-,18-6+. The lowest BCUT2D eigenvalue weighted by Crippen LogP contribution is -2.55. The van der Waals surface area contributed by atoms with Gasteiger partial charge in [-0.2, -0.15) is 0 Å². The molecular weight excluding hydrogens is 503 g/mol. The highest BCUT2D eigenvalue weighted by atomic mass is 31.2. The van der Waals surface area contributed by atoms with Crippen molar-refractivity contribution >= 4 is 31.6 Å². The number of fused-ring (bicyclic) bond motifs is 1. The molecule has 196 valence electrons. The number of hydrogen-bond acceptors (Lipinski definition) is 6. The van der Waals surface area contributed by atoms with Crippen molar-refractivity contribution in [3.63, 3.8) is 0 Å². The van der Waals surface area contributed by atoms with Gasteiger partial charge in [0.05, 0.1) is 0 Å². The fourth-order valence-electron chi connectivity index (χ4n) is 3.93. The Kier molecular flexibility index (Phi) is 8.95. The van der Waals surface area contributed by atoms with Crippen LogP contribution >= 0.6 is 7.82 Å². The number of likely N-dealkylation sites (tertiary alicyclic amines) is 1. The Hall–Kier alpha value is -3.83. The highest BCUT2D eigenvalue weighted by molar-refractivity contribution is 7.46. The molecule has 1 aromatic carbocycles. The average Bonchev–Trinajstić information content (AvgIpc) is 3.16. The third-order valence-electron chi connectivity index (χ3n) is 5.64. The molecule has 13 heteroatoms. The van der Waals surface area contributed by atoms with E-state index < -0.39 is 44.3 Å². The van der Waals surface area contributed by atoms with Gasteiger partial charge in [0, 0.05) is 30.8 Å². The van der Waals surface area contributed by atoms with Crippen LogP contribution in [-0.4, -0.2) is 56.1 Å². The molecule has 0 saturated carbocycles. The first kappa shape index (κ1) is 27.8. The van der Waals surface area contributed by atoms with Crippen molar-refractivity contribution in [1.82, 2.24) is 20.4 Å². The fraction of sp³-hybridized carbons (Fsp3) is 0.250. The third-order valence-corrected chi connectivity index (χ3v) is 6.09. The summed E-state index contributed by atoms with van der Waals surface area (Å²) in [5.74, 6) is -1.81. The number of piperidine rings is 1. The molecule has 1 fully saturated rings. The summed E-state index contributed by atoms with van der Waals surface area (Å²) in [4.78, 5) is 70.0. The molecule has 2 aliphatic heterocycles. The maximum Gasteiger partial charge on any atom is 0.471 e. The summed E-state index contributed by atoms with van der Waals surface area (Å²) in [7, 11) is -4.90. The molecule has 2 heterocycles. The van der Waals surface area contributed by atoms with E-state index in [9.17, 15) is 23.7 Å². The Morgan fingerprint density at radius 1 is 1.22 bits per heavy atom. The number of rotatable bonds is 10. The van der Waals surface area contributed by atoms with Crippen LogP contribution in [0, 0.1) is 0 Å². The highest BCUT2D eigenvalue weighted by Gasteiger charge is 2.43. The first-order valence-corrected chi connectivity index (χ1v) is 12.7. The van der Waals surface area contributed by atoms with Gasteiger partial charge in [-0.25, -0.2) is 9.36 Å². The number of carbonyl (C=O) groups is 4. The van der Waals surface area contributed by atoms with Crippen LogP contribution in [0.1, 0.15) is 34.3 Å². The number of hydrogen-bond donors (Lipinski definition) is 4. The van der Waals surface area contributed by atoms with Gasteiger partial charge in [-0.3, -0.25) is 23.8 Å². The zero-order chi connectivity index (χ0) is 27.2. The van der Waals surface area contributed by atoms with E-state index in [1.165, 1.54) is 11.0 Å². The molecule has 0 bridgehead atoms. The van der Waals surface area contributed by atoms with E-state index in [4.69, 9.17) is 9.79 Å². The molecule has 1 atom stereocenters. The zero-order valence-corrected chi connectivity index (χ0v) is 20.7. The summed E-state index contributed by atoms with van der Waals surface area (Å²) in [6.07, 6.45) is 8.03. The molecule has 5 amide bonds. The molecule has 0 spiro atoms. The van der Waals surface area contributed by atoms with Gasteiger partial charge in [0.15, 0.2) is 0 Å². The molecule has 37 heavy (non-hydrogen) atoms. The van der Waals surface area contributed by atoms with Crippen LogP contribution in [0.15, 0.2) is 67.4 Å². The number of phosphoric acid groups is 1. The summed E-state index contributed by atoms with van der Waals surface area (Å²) in [6, 6.07) is 3.61. The Morgan fingerprint density at radius 2 is 1.97 bits per heavy atom. The maximum atomic E-state index is 13.0. The second kappa shape index (κ2) is 11.9. The lowest BCUT2D eigenvalue weighted by molar-refractivity contribution is -0.156. The van der Waals surface area contributed by atoms with Crippen molar-refractivity contribution in [2.24, 2.45) is 0 Å². The van der Waals surface area contributed by atoms with E-state index in [1.54, 1.807) is 42.5 Å². The third kappa shape index (κ3) is 7.11. The summed E-state index contributed by atoms with van der Waals surface area (Å²) in [6.45, 7) is 6.55. The zero-order valence-electron chi connectivity index (χ0n) is 19.8. The van der Waals surface area contributed by atoms with Crippen molar-refractivity contribution in [3.05, 3.63) is 84.1 Å². The minimum absolute atomic E-state index is 0.0826. The van der Waals surface area contributed by atoms with E-state index in [0.29, 0.717) is 21.7 Å². The van der Waals surface area contributed by atoms with Crippen LogP contribution in [0.3, 0.4) is 0 Å².